The maximum atomic E-state index is 11.5. The first-order valence-corrected chi connectivity index (χ1v) is 10.2. The summed E-state index contributed by atoms with van der Waals surface area (Å²) < 4.78 is 28.7. The molecule has 8 heteroatoms. The van der Waals surface area contributed by atoms with Gasteiger partial charge in [-0.25, -0.2) is 13.4 Å². The third-order valence-corrected chi connectivity index (χ3v) is 6.48. The third kappa shape index (κ3) is 5.17. The van der Waals surface area contributed by atoms with Crippen molar-refractivity contribution in [2.45, 2.75) is 17.6 Å². The van der Waals surface area contributed by atoms with Gasteiger partial charge in [-0.15, -0.1) is 11.3 Å². The SMILES string of the molecule is Cc1nc(-c2ccc(OCCCN(C)C)cc2)sc1S(=O)(=O)Cl. The Labute approximate surface area is 145 Å². The molecule has 0 N–H and O–H groups in total. The van der Waals surface area contributed by atoms with Gasteiger partial charge in [0.25, 0.3) is 9.05 Å². The zero-order valence-corrected chi connectivity index (χ0v) is 15.6. The molecule has 0 aliphatic rings. The number of ether oxygens (including phenoxy) is 1. The van der Waals surface area contributed by atoms with Crippen LogP contribution in [0.25, 0.3) is 10.6 Å². The second kappa shape index (κ2) is 7.61. The summed E-state index contributed by atoms with van der Waals surface area (Å²) in [6, 6.07) is 7.45. The smallest absolute Gasteiger partial charge is 0.272 e. The summed E-state index contributed by atoms with van der Waals surface area (Å²) >= 11 is 1.07. The van der Waals surface area contributed by atoms with Crippen molar-refractivity contribution in [2.75, 3.05) is 27.2 Å². The van der Waals surface area contributed by atoms with E-state index >= 15 is 0 Å². The van der Waals surface area contributed by atoms with Crippen molar-refractivity contribution >= 4 is 31.1 Å². The number of rotatable bonds is 7. The summed E-state index contributed by atoms with van der Waals surface area (Å²) in [6.07, 6.45) is 0.956. The molecule has 0 saturated carbocycles. The zero-order chi connectivity index (χ0) is 17.0. The van der Waals surface area contributed by atoms with E-state index in [1.807, 2.05) is 38.4 Å². The molecule has 1 heterocycles. The van der Waals surface area contributed by atoms with Crippen LogP contribution in [0.5, 0.6) is 5.75 Å². The molecule has 5 nitrogen and oxygen atoms in total. The van der Waals surface area contributed by atoms with Crippen LogP contribution in [0.3, 0.4) is 0 Å². The summed E-state index contributed by atoms with van der Waals surface area (Å²) in [5.74, 6) is 0.783. The number of aromatic nitrogens is 1. The van der Waals surface area contributed by atoms with E-state index in [-0.39, 0.29) is 4.21 Å². The molecular weight excluding hydrogens is 356 g/mol. The molecule has 0 bridgehead atoms. The predicted molar refractivity (Wildman–Crippen MR) is 94.0 cm³/mol. The van der Waals surface area contributed by atoms with E-state index < -0.39 is 9.05 Å². The van der Waals surface area contributed by atoms with Gasteiger partial charge in [0.1, 0.15) is 10.8 Å². The lowest BCUT2D eigenvalue weighted by Crippen LogP contribution is -2.15. The van der Waals surface area contributed by atoms with Crippen molar-refractivity contribution in [3.63, 3.8) is 0 Å². The Balaban J connectivity index is 2.05. The summed E-state index contributed by atoms with van der Waals surface area (Å²) in [4.78, 5) is 6.39. The molecule has 0 unspecified atom stereocenters. The lowest BCUT2D eigenvalue weighted by Gasteiger charge is -2.10. The zero-order valence-electron chi connectivity index (χ0n) is 13.2. The molecule has 0 radical (unpaired) electrons. The van der Waals surface area contributed by atoms with Crippen LogP contribution in [0.15, 0.2) is 28.5 Å². The number of thiazole rings is 1. The fraction of sp³-hybridized carbons (Fsp3) is 0.400. The first-order chi connectivity index (χ1) is 10.8. The van der Waals surface area contributed by atoms with Crippen molar-refractivity contribution in [3.05, 3.63) is 30.0 Å². The molecule has 126 valence electrons. The maximum Gasteiger partial charge on any atom is 0.272 e. The van der Waals surface area contributed by atoms with Gasteiger partial charge in [-0.3, -0.25) is 0 Å². The van der Waals surface area contributed by atoms with E-state index in [4.69, 9.17) is 15.4 Å². The van der Waals surface area contributed by atoms with Crippen LogP contribution in [0, 0.1) is 6.92 Å². The largest absolute Gasteiger partial charge is 0.494 e. The van der Waals surface area contributed by atoms with Gasteiger partial charge in [-0.1, -0.05) is 0 Å². The van der Waals surface area contributed by atoms with Gasteiger partial charge in [0.15, 0.2) is 4.21 Å². The Morgan fingerprint density at radius 1 is 1.26 bits per heavy atom. The highest BCUT2D eigenvalue weighted by Gasteiger charge is 2.19. The lowest BCUT2D eigenvalue weighted by molar-refractivity contribution is 0.281. The number of nitrogens with zero attached hydrogens (tertiary/aromatic N) is 2. The van der Waals surface area contributed by atoms with Gasteiger partial charge in [-0.05, 0) is 51.7 Å². The summed E-state index contributed by atoms with van der Waals surface area (Å²) in [7, 11) is 5.71. The van der Waals surface area contributed by atoms with Crippen LogP contribution in [0.1, 0.15) is 12.1 Å². The average molecular weight is 375 g/mol. The molecule has 0 saturated heterocycles. The van der Waals surface area contributed by atoms with Gasteiger partial charge >= 0.3 is 0 Å². The molecule has 0 atom stereocenters. The molecule has 1 aromatic heterocycles. The van der Waals surface area contributed by atoms with Crippen LogP contribution >= 0.6 is 22.0 Å². The number of hydrogen-bond acceptors (Lipinski definition) is 6. The molecule has 1 aromatic carbocycles. The topological polar surface area (TPSA) is 59.5 Å². The first-order valence-electron chi connectivity index (χ1n) is 7.07. The van der Waals surface area contributed by atoms with Crippen LogP contribution < -0.4 is 4.74 Å². The van der Waals surface area contributed by atoms with Crippen molar-refractivity contribution in [1.29, 1.82) is 0 Å². The van der Waals surface area contributed by atoms with E-state index in [1.165, 1.54) is 0 Å². The highest BCUT2D eigenvalue weighted by molar-refractivity contribution is 8.15. The summed E-state index contributed by atoms with van der Waals surface area (Å²) in [6.45, 7) is 3.27. The van der Waals surface area contributed by atoms with Gasteiger partial charge in [0.05, 0.1) is 12.3 Å². The van der Waals surface area contributed by atoms with Crippen molar-refractivity contribution < 1.29 is 13.2 Å². The molecule has 0 amide bonds. The minimum atomic E-state index is -3.75. The minimum absolute atomic E-state index is 0.0955. The summed E-state index contributed by atoms with van der Waals surface area (Å²) in [5.41, 5.74) is 1.26. The average Bonchev–Trinajstić information content (AvgIpc) is 2.86. The molecular formula is C15H19ClN2O3S2. The van der Waals surface area contributed by atoms with E-state index in [2.05, 4.69) is 9.88 Å². The summed E-state index contributed by atoms with van der Waals surface area (Å²) in [5, 5.41) is 0.626. The second-order valence-corrected chi connectivity index (χ2v) is 9.12. The van der Waals surface area contributed by atoms with Gasteiger partial charge in [0, 0.05) is 22.8 Å². The Morgan fingerprint density at radius 2 is 1.91 bits per heavy atom. The fourth-order valence-electron chi connectivity index (χ4n) is 2.00. The first kappa shape index (κ1) is 18.2. The normalized spacial score (nSPS) is 11.9. The van der Waals surface area contributed by atoms with E-state index in [1.54, 1.807) is 6.92 Å². The van der Waals surface area contributed by atoms with Gasteiger partial charge in [0.2, 0.25) is 0 Å². The van der Waals surface area contributed by atoms with E-state index in [9.17, 15) is 8.42 Å². The monoisotopic (exact) mass is 374 g/mol. The second-order valence-electron chi connectivity index (χ2n) is 5.36. The number of benzene rings is 1. The van der Waals surface area contributed by atoms with Crippen LogP contribution in [-0.4, -0.2) is 45.5 Å². The maximum absolute atomic E-state index is 11.5. The quantitative estimate of drug-likeness (QED) is 0.549. The third-order valence-electron chi connectivity index (χ3n) is 3.10. The molecule has 0 fully saturated rings. The molecule has 2 rings (SSSR count). The van der Waals surface area contributed by atoms with Crippen molar-refractivity contribution in [3.8, 4) is 16.3 Å². The Hall–Kier alpha value is -1.15. The fourth-order valence-corrected chi connectivity index (χ4v) is 4.45. The number of hydrogen-bond donors (Lipinski definition) is 0. The highest BCUT2D eigenvalue weighted by atomic mass is 35.7. The number of aryl methyl sites for hydroxylation is 1. The lowest BCUT2D eigenvalue weighted by atomic mass is 10.2. The minimum Gasteiger partial charge on any atom is -0.494 e. The molecule has 0 spiro atoms. The van der Waals surface area contributed by atoms with Gasteiger partial charge < -0.3 is 9.64 Å². The standard InChI is InChI=1S/C15H19ClN2O3S2/c1-11-15(23(16,19)20)22-14(17-11)12-5-7-13(8-6-12)21-10-4-9-18(2)3/h5-8H,4,9-10H2,1-3H3. The number of halogens is 1. The molecule has 0 aliphatic heterocycles. The van der Waals surface area contributed by atoms with Gasteiger partial charge in [-0.2, -0.15) is 0 Å². The Bertz CT molecular complexity index is 756. The molecule has 23 heavy (non-hydrogen) atoms. The highest BCUT2D eigenvalue weighted by Crippen LogP contribution is 2.33. The van der Waals surface area contributed by atoms with Crippen molar-refractivity contribution in [2.24, 2.45) is 0 Å². The van der Waals surface area contributed by atoms with Crippen LogP contribution in [-0.2, 0) is 9.05 Å². The van der Waals surface area contributed by atoms with E-state index in [0.29, 0.717) is 17.3 Å². The van der Waals surface area contributed by atoms with Crippen molar-refractivity contribution in [1.82, 2.24) is 9.88 Å². The molecule has 0 aliphatic carbocycles. The van der Waals surface area contributed by atoms with Crippen LogP contribution in [0.4, 0.5) is 0 Å². The molecule has 2 aromatic rings. The van der Waals surface area contributed by atoms with E-state index in [0.717, 1.165) is 35.6 Å². The predicted octanol–water partition coefficient (Wildman–Crippen LogP) is 3.38. The Kier molecular flexibility index (Phi) is 6.02. The van der Waals surface area contributed by atoms with Crippen LogP contribution in [0.2, 0.25) is 0 Å². The Morgan fingerprint density at radius 3 is 2.43 bits per heavy atom.